The molecule has 1 saturated heterocycles. The molecule has 0 unspecified atom stereocenters. The zero-order valence-corrected chi connectivity index (χ0v) is 12.6. The Morgan fingerprint density at radius 3 is 2.90 bits per heavy atom. The van der Waals surface area contributed by atoms with Gasteiger partial charge < -0.3 is 14.0 Å². The molecule has 1 aromatic heterocycles. The molecule has 2 aliphatic rings. The zero-order chi connectivity index (χ0) is 14.1. The van der Waals surface area contributed by atoms with E-state index < -0.39 is 0 Å². The highest BCUT2D eigenvalue weighted by Gasteiger charge is 2.43. The van der Waals surface area contributed by atoms with Gasteiger partial charge in [0.1, 0.15) is 5.76 Å². The van der Waals surface area contributed by atoms with Crippen LogP contribution in [0.25, 0.3) is 0 Å². The van der Waals surface area contributed by atoms with Crippen LogP contribution in [0.3, 0.4) is 0 Å². The van der Waals surface area contributed by atoms with Crippen LogP contribution in [-0.2, 0) is 16.0 Å². The maximum absolute atomic E-state index is 5.97. The van der Waals surface area contributed by atoms with Gasteiger partial charge in [0, 0.05) is 31.3 Å². The predicted molar refractivity (Wildman–Crippen MR) is 74.6 cm³/mol. The number of hydrogen-bond acceptors (Lipinski definition) is 5. The molecular formula is C15H24N2O3. The van der Waals surface area contributed by atoms with Crippen molar-refractivity contribution in [2.24, 2.45) is 0 Å². The molecule has 112 valence electrons. The number of aryl methyl sites for hydroxylation is 2. The molecule has 2 heterocycles. The molecular weight excluding hydrogens is 256 g/mol. The molecule has 1 aromatic rings. The van der Waals surface area contributed by atoms with E-state index in [1.54, 1.807) is 0 Å². The summed E-state index contributed by atoms with van der Waals surface area (Å²) in [6, 6.07) is 0.467. The lowest BCUT2D eigenvalue weighted by Crippen LogP contribution is -2.51. The summed E-state index contributed by atoms with van der Waals surface area (Å²) < 4.78 is 17.1. The van der Waals surface area contributed by atoms with Crippen molar-refractivity contribution in [3.8, 4) is 0 Å². The summed E-state index contributed by atoms with van der Waals surface area (Å²) in [4.78, 5) is 2.51. The highest BCUT2D eigenvalue weighted by atomic mass is 16.5. The van der Waals surface area contributed by atoms with Crippen LogP contribution in [0.2, 0.25) is 0 Å². The van der Waals surface area contributed by atoms with Crippen LogP contribution in [0.1, 0.15) is 36.8 Å². The monoisotopic (exact) mass is 280 g/mol. The number of ether oxygens (including phenoxy) is 2. The van der Waals surface area contributed by atoms with E-state index in [0.717, 1.165) is 50.6 Å². The van der Waals surface area contributed by atoms with Gasteiger partial charge in [0.15, 0.2) is 0 Å². The Morgan fingerprint density at radius 2 is 2.20 bits per heavy atom. The quantitative estimate of drug-likeness (QED) is 0.845. The fourth-order valence-electron chi connectivity index (χ4n) is 3.51. The molecule has 20 heavy (non-hydrogen) atoms. The Hall–Kier alpha value is -0.910. The molecule has 5 nitrogen and oxygen atoms in total. The van der Waals surface area contributed by atoms with Crippen LogP contribution in [-0.4, -0.2) is 48.1 Å². The van der Waals surface area contributed by atoms with Crippen LogP contribution in [0.15, 0.2) is 4.52 Å². The van der Waals surface area contributed by atoms with E-state index in [1.807, 2.05) is 13.8 Å². The molecule has 3 atom stereocenters. The maximum Gasteiger partial charge on any atom is 0.138 e. The van der Waals surface area contributed by atoms with E-state index >= 15 is 0 Å². The van der Waals surface area contributed by atoms with Crippen molar-refractivity contribution < 1.29 is 14.0 Å². The minimum atomic E-state index is 0.226. The normalized spacial score (nSPS) is 30.6. The van der Waals surface area contributed by atoms with Crippen molar-refractivity contribution in [1.29, 1.82) is 0 Å². The van der Waals surface area contributed by atoms with Crippen molar-refractivity contribution >= 4 is 0 Å². The number of fused-ring (bicyclic) bond motifs is 1. The van der Waals surface area contributed by atoms with Crippen LogP contribution in [0, 0.1) is 13.8 Å². The average Bonchev–Trinajstić information content (AvgIpc) is 2.99. The van der Waals surface area contributed by atoms with Gasteiger partial charge in [0.05, 0.1) is 24.5 Å². The average molecular weight is 280 g/mol. The SMILES string of the molecule is CCO[C@@H]1CC[C@@H]2[C@@H]1OCCN2Cc1c(C)noc1C. The first-order valence-corrected chi connectivity index (χ1v) is 7.59. The van der Waals surface area contributed by atoms with E-state index in [9.17, 15) is 0 Å². The van der Waals surface area contributed by atoms with E-state index in [0.29, 0.717) is 6.04 Å². The van der Waals surface area contributed by atoms with Gasteiger partial charge in [-0.3, -0.25) is 4.90 Å². The van der Waals surface area contributed by atoms with Gasteiger partial charge in [-0.1, -0.05) is 5.16 Å². The summed E-state index contributed by atoms with van der Waals surface area (Å²) in [5.41, 5.74) is 2.23. The number of aromatic nitrogens is 1. The van der Waals surface area contributed by atoms with Crippen molar-refractivity contribution in [3.05, 3.63) is 17.0 Å². The molecule has 0 N–H and O–H groups in total. The molecule has 0 amide bonds. The Kier molecular flexibility index (Phi) is 4.10. The molecule has 2 fully saturated rings. The molecule has 1 saturated carbocycles. The minimum absolute atomic E-state index is 0.226. The highest BCUT2D eigenvalue weighted by molar-refractivity contribution is 5.21. The second kappa shape index (κ2) is 5.84. The molecule has 0 radical (unpaired) electrons. The van der Waals surface area contributed by atoms with Gasteiger partial charge in [0.2, 0.25) is 0 Å². The zero-order valence-electron chi connectivity index (χ0n) is 12.6. The highest BCUT2D eigenvalue weighted by Crippen LogP contribution is 2.33. The molecule has 0 bridgehead atoms. The number of nitrogens with zero attached hydrogens (tertiary/aromatic N) is 2. The van der Waals surface area contributed by atoms with Crippen LogP contribution in [0.5, 0.6) is 0 Å². The van der Waals surface area contributed by atoms with Crippen molar-refractivity contribution in [3.63, 3.8) is 0 Å². The van der Waals surface area contributed by atoms with Crippen LogP contribution in [0.4, 0.5) is 0 Å². The fraction of sp³-hybridized carbons (Fsp3) is 0.800. The molecule has 3 rings (SSSR count). The topological polar surface area (TPSA) is 47.7 Å². The van der Waals surface area contributed by atoms with Crippen molar-refractivity contribution in [2.45, 2.75) is 58.4 Å². The first-order chi connectivity index (χ1) is 9.70. The minimum Gasteiger partial charge on any atom is -0.376 e. The fourth-order valence-corrected chi connectivity index (χ4v) is 3.51. The molecule has 5 heteroatoms. The summed E-state index contributed by atoms with van der Waals surface area (Å²) >= 11 is 0. The molecule has 1 aliphatic carbocycles. The van der Waals surface area contributed by atoms with Gasteiger partial charge in [-0.2, -0.15) is 0 Å². The Morgan fingerprint density at radius 1 is 1.35 bits per heavy atom. The second-order valence-corrected chi connectivity index (χ2v) is 5.75. The Labute approximate surface area is 120 Å². The summed E-state index contributed by atoms with van der Waals surface area (Å²) in [5, 5.41) is 4.05. The smallest absolute Gasteiger partial charge is 0.138 e. The van der Waals surface area contributed by atoms with Crippen molar-refractivity contribution in [2.75, 3.05) is 19.8 Å². The van der Waals surface area contributed by atoms with Crippen molar-refractivity contribution in [1.82, 2.24) is 10.1 Å². The van der Waals surface area contributed by atoms with Gasteiger partial charge in [-0.15, -0.1) is 0 Å². The summed E-state index contributed by atoms with van der Waals surface area (Å²) in [7, 11) is 0. The number of rotatable bonds is 4. The lowest BCUT2D eigenvalue weighted by atomic mass is 10.1. The van der Waals surface area contributed by atoms with Crippen LogP contribution < -0.4 is 0 Å². The lowest BCUT2D eigenvalue weighted by molar-refractivity contribution is -0.113. The van der Waals surface area contributed by atoms with E-state index in [2.05, 4.69) is 17.0 Å². The third-order valence-corrected chi connectivity index (χ3v) is 4.57. The first kappa shape index (κ1) is 14.0. The lowest BCUT2D eigenvalue weighted by Gasteiger charge is -2.39. The summed E-state index contributed by atoms with van der Waals surface area (Å²) in [6.45, 7) is 9.49. The Bertz CT molecular complexity index is 440. The van der Waals surface area contributed by atoms with Gasteiger partial charge in [-0.05, 0) is 33.6 Å². The van der Waals surface area contributed by atoms with Gasteiger partial charge in [0.25, 0.3) is 0 Å². The van der Waals surface area contributed by atoms with E-state index in [1.165, 1.54) is 5.56 Å². The number of hydrogen-bond donors (Lipinski definition) is 0. The summed E-state index contributed by atoms with van der Waals surface area (Å²) in [5.74, 6) is 0.935. The standard InChI is InChI=1S/C15H24N2O3/c1-4-18-14-6-5-13-15(14)19-8-7-17(13)9-12-10(2)16-20-11(12)3/h13-15H,4-9H2,1-3H3/t13-,14-,15+/m1/s1. The van der Waals surface area contributed by atoms with Gasteiger partial charge in [-0.25, -0.2) is 0 Å². The molecule has 0 spiro atoms. The molecule has 1 aliphatic heterocycles. The predicted octanol–water partition coefficient (Wildman–Crippen LogP) is 2.06. The first-order valence-electron chi connectivity index (χ1n) is 7.59. The van der Waals surface area contributed by atoms with E-state index in [-0.39, 0.29) is 12.2 Å². The number of morpholine rings is 1. The largest absolute Gasteiger partial charge is 0.376 e. The third kappa shape index (κ3) is 2.50. The molecule has 0 aromatic carbocycles. The third-order valence-electron chi connectivity index (χ3n) is 4.57. The van der Waals surface area contributed by atoms with Gasteiger partial charge >= 0.3 is 0 Å². The van der Waals surface area contributed by atoms with Crippen LogP contribution >= 0.6 is 0 Å². The Balaban J connectivity index is 1.71. The maximum atomic E-state index is 5.97. The summed E-state index contributed by atoms with van der Waals surface area (Å²) in [6.07, 6.45) is 2.74. The van der Waals surface area contributed by atoms with E-state index in [4.69, 9.17) is 14.0 Å². The second-order valence-electron chi connectivity index (χ2n) is 5.75.